The van der Waals surface area contributed by atoms with Crippen molar-refractivity contribution in [1.82, 2.24) is 20.2 Å². The fourth-order valence-electron chi connectivity index (χ4n) is 2.64. The van der Waals surface area contributed by atoms with Crippen molar-refractivity contribution in [3.8, 4) is 0 Å². The van der Waals surface area contributed by atoms with Gasteiger partial charge in [0.05, 0.1) is 11.6 Å². The SMILES string of the molecule is CC1(C)CCCN(c2nc(Cl)nc3[nH]ncc23)C1. The van der Waals surface area contributed by atoms with Crippen LogP contribution in [-0.4, -0.2) is 33.3 Å². The first-order valence-electron chi connectivity index (χ1n) is 6.17. The quantitative estimate of drug-likeness (QED) is 0.806. The number of rotatable bonds is 1. The van der Waals surface area contributed by atoms with E-state index >= 15 is 0 Å². The number of H-pyrrole nitrogens is 1. The normalized spacial score (nSPS) is 19.4. The summed E-state index contributed by atoms with van der Waals surface area (Å²) in [5.41, 5.74) is 1.01. The highest BCUT2D eigenvalue weighted by Crippen LogP contribution is 2.33. The second-order valence-electron chi connectivity index (χ2n) is 5.64. The van der Waals surface area contributed by atoms with E-state index < -0.39 is 0 Å². The second-order valence-corrected chi connectivity index (χ2v) is 5.98. The van der Waals surface area contributed by atoms with Gasteiger partial charge in [0.2, 0.25) is 5.28 Å². The zero-order valence-corrected chi connectivity index (χ0v) is 11.3. The van der Waals surface area contributed by atoms with E-state index in [-0.39, 0.29) is 5.28 Å². The lowest BCUT2D eigenvalue weighted by atomic mass is 9.84. The third kappa shape index (κ3) is 2.03. The monoisotopic (exact) mass is 265 g/mol. The van der Waals surface area contributed by atoms with Crippen LogP contribution in [0.15, 0.2) is 6.20 Å². The van der Waals surface area contributed by atoms with Crippen molar-refractivity contribution in [3.05, 3.63) is 11.5 Å². The molecule has 1 aliphatic heterocycles. The number of halogens is 1. The predicted molar refractivity (Wildman–Crippen MR) is 71.9 cm³/mol. The molecule has 96 valence electrons. The van der Waals surface area contributed by atoms with E-state index in [1.54, 1.807) is 6.20 Å². The molecule has 1 fully saturated rings. The molecule has 1 N–H and O–H groups in total. The molecule has 2 aromatic heterocycles. The van der Waals surface area contributed by atoms with Gasteiger partial charge in [-0.05, 0) is 29.9 Å². The van der Waals surface area contributed by atoms with Crippen LogP contribution in [-0.2, 0) is 0 Å². The summed E-state index contributed by atoms with van der Waals surface area (Å²) in [6.45, 7) is 6.57. The Morgan fingerprint density at radius 3 is 3.00 bits per heavy atom. The highest BCUT2D eigenvalue weighted by molar-refractivity contribution is 6.28. The van der Waals surface area contributed by atoms with Gasteiger partial charge in [-0.1, -0.05) is 13.8 Å². The summed E-state index contributed by atoms with van der Waals surface area (Å²) in [6.07, 6.45) is 4.19. The average molecular weight is 266 g/mol. The summed E-state index contributed by atoms with van der Waals surface area (Å²) in [5.74, 6) is 0.895. The number of aromatic amines is 1. The molecule has 3 heterocycles. The van der Waals surface area contributed by atoms with Crippen molar-refractivity contribution in [1.29, 1.82) is 0 Å². The third-order valence-corrected chi connectivity index (χ3v) is 3.63. The standard InChI is InChI=1S/C12H16ClN5/c1-12(2)4-3-5-18(7-12)10-8-6-14-17-9(8)15-11(13)16-10/h6H,3-5,7H2,1-2H3,(H,14,15,16,17). The van der Waals surface area contributed by atoms with E-state index in [9.17, 15) is 0 Å². The van der Waals surface area contributed by atoms with E-state index in [1.807, 2.05) is 0 Å². The van der Waals surface area contributed by atoms with Gasteiger partial charge in [-0.25, -0.2) is 0 Å². The van der Waals surface area contributed by atoms with Crippen LogP contribution >= 0.6 is 11.6 Å². The van der Waals surface area contributed by atoms with E-state index in [0.717, 1.165) is 24.3 Å². The molecule has 1 aliphatic rings. The zero-order chi connectivity index (χ0) is 12.8. The predicted octanol–water partition coefficient (Wildman–Crippen LogP) is 2.63. The molecule has 0 unspecified atom stereocenters. The fraction of sp³-hybridized carbons (Fsp3) is 0.583. The first-order chi connectivity index (χ1) is 8.55. The maximum absolute atomic E-state index is 5.97. The van der Waals surface area contributed by atoms with Gasteiger partial charge in [0.15, 0.2) is 5.65 Å². The summed E-state index contributed by atoms with van der Waals surface area (Å²) in [6, 6.07) is 0. The van der Waals surface area contributed by atoms with Crippen molar-refractivity contribution < 1.29 is 0 Å². The fourth-order valence-corrected chi connectivity index (χ4v) is 2.80. The Bertz CT molecular complexity index is 577. The van der Waals surface area contributed by atoms with Gasteiger partial charge in [0.1, 0.15) is 5.82 Å². The maximum atomic E-state index is 5.97. The first kappa shape index (κ1) is 11.7. The Hall–Kier alpha value is -1.36. The van der Waals surface area contributed by atoms with Gasteiger partial charge < -0.3 is 4.90 Å². The molecule has 0 amide bonds. The largest absolute Gasteiger partial charge is 0.355 e. The molecule has 0 radical (unpaired) electrons. The van der Waals surface area contributed by atoms with Crippen LogP contribution in [0.1, 0.15) is 26.7 Å². The molecule has 1 saturated heterocycles. The molecule has 0 saturated carbocycles. The number of nitrogens with zero attached hydrogens (tertiary/aromatic N) is 4. The number of piperidine rings is 1. The minimum Gasteiger partial charge on any atom is -0.355 e. The van der Waals surface area contributed by atoms with Crippen LogP contribution < -0.4 is 4.90 Å². The van der Waals surface area contributed by atoms with E-state index in [4.69, 9.17) is 11.6 Å². The first-order valence-corrected chi connectivity index (χ1v) is 6.55. The number of hydrogen-bond donors (Lipinski definition) is 1. The van der Waals surface area contributed by atoms with Crippen LogP contribution in [0.4, 0.5) is 5.82 Å². The average Bonchev–Trinajstić information content (AvgIpc) is 2.74. The highest BCUT2D eigenvalue weighted by atomic mass is 35.5. The lowest BCUT2D eigenvalue weighted by molar-refractivity contribution is 0.292. The summed E-state index contributed by atoms with van der Waals surface area (Å²) in [7, 11) is 0. The van der Waals surface area contributed by atoms with Crippen LogP contribution in [0.2, 0.25) is 5.28 Å². The topological polar surface area (TPSA) is 57.7 Å². The van der Waals surface area contributed by atoms with Crippen LogP contribution in [0.3, 0.4) is 0 Å². The number of fused-ring (bicyclic) bond motifs is 1. The third-order valence-electron chi connectivity index (χ3n) is 3.46. The minimum atomic E-state index is 0.269. The van der Waals surface area contributed by atoms with Crippen molar-refractivity contribution in [2.75, 3.05) is 18.0 Å². The number of aromatic nitrogens is 4. The van der Waals surface area contributed by atoms with Crippen LogP contribution in [0.5, 0.6) is 0 Å². The molecule has 5 nitrogen and oxygen atoms in total. The van der Waals surface area contributed by atoms with Crippen molar-refractivity contribution >= 4 is 28.5 Å². The molecule has 18 heavy (non-hydrogen) atoms. The van der Waals surface area contributed by atoms with Crippen LogP contribution in [0, 0.1) is 5.41 Å². The smallest absolute Gasteiger partial charge is 0.226 e. The molecule has 0 atom stereocenters. The molecule has 0 spiro atoms. The molecule has 0 bridgehead atoms. The van der Waals surface area contributed by atoms with Gasteiger partial charge in [-0.15, -0.1) is 0 Å². The second kappa shape index (κ2) is 4.09. The number of anilines is 1. The van der Waals surface area contributed by atoms with Gasteiger partial charge in [0.25, 0.3) is 0 Å². The lowest BCUT2D eigenvalue weighted by Gasteiger charge is -2.38. The van der Waals surface area contributed by atoms with Gasteiger partial charge in [-0.3, -0.25) is 5.10 Å². The number of hydrogen-bond acceptors (Lipinski definition) is 4. The Morgan fingerprint density at radius 2 is 2.22 bits per heavy atom. The van der Waals surface area contributed by atoms with E-state index in [1.165, 1.54) is 12.8 Å². The van der Waals surface area contributed by atoms with Gasteiger partial charge in [-0.2, -0.15) is 15.1 Å². The maximum Gasteiger partial charge on any atom is 0.226 e. The summed E-state index contributed by atoms with van der Waals surface area (Å²) >= 11 is 5.97. The lowest BCUT2D eigenvalue weighted by Crippen LogP contribution is -2.40. The summed E-state index contributed by atoms with van der Waals surface area (Å²) < 4.78 is 0. The molecular weight excluding hydrogens is 250 g/mol. The summed E-state index contributed by atoms with van der Waals surface area (Å²) in [4.78, 5) is 10.8. The van der Waals surface area contributed by atoms with E-state index in [0.29, 0.717) is 11.1 Å². The molecule has 3 rings (SSSR count). The van der Waals surface area contributed by atoms with Gasteiger partial charge in [0, 0.05) is 13.1 Å². The van der Waals surface area contributed by atoms with Gasteiger partial charge >= 0.3 is 0 Å². The zero-order valence-electron chi connectivity index (χ0n) is 10.6. The molecule has 0 aliphatic carbocycles. The molecule has 6 heteroatoms. The van der Waals surface area contributed by atoms with Crippen molar-refractivity contribution in [2.24, 2.45) is 5.41 Å². The molecule has 2 aromatic rings. The van der Waals surface area contributed by atoms with E-state index in [2.05, 4.69) is 38.9 Å². The van der Waals surface area contributed by atoms with Crippen molar-refractivity contribution in [3.63, 3.8) is 0 Å². The Kier molecular flexibility index (Phi) is 2.66. The minimum absolute atomic E-state index is 0.269. The molecule has 0 aromatic carbocycles. The van der Waals surface area contributed by atoms with Crippen LogP contribution in [0.25, 0.3) is 11.0 Å². The Morgan fingerprint density at radius 1 is 1.39 bits per heavy atom. The molecular formula is C12H16ClN5. The Labute approximate surface area is 111 Å². The Balaban J connectivity index is 2.05. The van der Waals surface area contributed by atoms with Crippen molar-refractivity contribution in [2.45, 2.75) is 26.7 Å². The summed E-state index contributed by atoms with van der Waals surface area (Å²) in [5, 5.41) is 8.08. The highest BCUT2D eigenvalue weighted by Gasteiger charge is 2.28. The number of nitrogens with one attached hydrogen (secondary N) is 1.